The van der Waals surface area contributed by atoms with E-state index in [2.05, 4.69) is 9.46 Å². The smallest absolute Gasteiger partial charge is 0.422 e. The van der Waals surface area contributed by atoms with Gasteiger partial charge in [-0.05, 0) is 11.6 Å². The second-order valence-corrected chi connectivity index (χ2v) is 4.81. The van der Waals surface area contributed by atoms with Crippen molar-refractivity contribution in [2.24, 2.45) is 5.73 Å². The summed E-state index contributed by atoms with van der Waals surface area (Å²) in [5.41, 5.74) is 6.21. The van der Waals surface area contributed by atoms with Gasteiger partial charge in [0, 0.05) is 6.54 Å². The van der Waals surface area contributed by atoms with Crippen LogP contribution in [0, 0.1) is 0 Å². The quantitative estimate of drug-likeness (QED) is 0.710. The topological polar surface area (TPSA) is 120 Å². The van der Waals surface area contributed by atoms with Crippen LogP contribution in [0.15, 0.2) is 18.2 Å². The number of nitrogens with two attached hydrogens (primary N) is 1. The number of nitrogens with one attached hydrogen (secondary N) is 2. The lowest BCUT2D eigenvalue weighted by Crippen LogP contribution is -2.35. The summed E-state index contributed by atoms with van der Waals surface area (Å²) < 4.78 is 36.5. The molecule has 0 heterocycles. The van der Waals surface area contributed by atoms with E-state index in [4.69, 9.17) is 10.5 Å². The van der Waals surface area contributed by atoms with Crippen molar-refractivity contribution >= 4 is 22.0 Å². The Morgan fingerprint density at radius 2 is 2.05 bits per heavy atom. The van der Waals surface area contributed by atoms with Gasteiger partial charge in [-0.3, -0.25) is 4.72 Å². The van der Waals surface area contributed by atoms with Crippen LogP contribution in [-0.4, -0.2) is 28.7 Å². The minimum atomic E-state index is -4.12. The first-order valence-electron chi connectivity index (χ1n) is 5.18. The van der Waals surface area contributed by atoms with Gasteiger partial charge in [0.15, 0.2) is 0 Å². The van der Waals surface area contributed by atoms with Gasteiger partial charge in [-0.1, -0.05) is 12.1 Å². The lowest BCUT2D eigenvalue weighted by Gasteiger charge is -2.15. The summed E-state index contributed by atoms with van der Waals surface area (Å²) in [6.07, 6.45) is -1.10. The molecule has 0 saturated heterocycles. The van der Waals surface area contributed by atoms with Gasteiger partial charge in [0.25, 0.3) is 0 Å². The zero-order valence-corrected chi connectivity index (χ0v) is 11.3. The van der Waals surface area contributed by atoms with E-state index in [9.17, 15) is 13.2 Å². The van der Waals surface area contributed by atoms with Crippen molar-refractivity contribution in [3.63, 3.8) is 0 Å². The van der Waals surface area contributed by atoms with E-state index in [1.807, 2.05) is 0 Å². The van der Waals surface area contributed by atoms with Crippen LogP contribution < -0.4 is 19.9 Å². The molecule has 0 bridgehead atoms. The molecule has 1 rings (SSSR count). The normalized spacial score (nSPS) is 10.7. The SMILES string of the molecule is COC(=O)NS(=O)(=O)Nc1c(CN)cccc1OC. The van der Waals surface area contributed by atoms with E-state index in [1.54, 1.807) is 22.9 Å². The summed E-state index contributed by atoms with van der Waals surface area (Å²) >= 11 is 0. The highest BCUT2D eigenvalue weighted by molar-refractivity contribution is 7.91. The predicted octanol–water partition coefficient (Wildman–Crippen LogP) is 0.167. The largest absolute Gasteiger partial charge is 0.495 e. The highest BCUT2D eigenvalue weighted by Crippen LogP contribution is 2.28. The highest BCUT2D eigenvalue weighted by Gasteiger charge is 2.18. The number of hydrogen-bond donors (Lipinski definition) is 3. The molecule has 0 aliphatic rings. The van der Waals surface area contributed by atoms with E-state index in [-0.39, 0.29) is 18.0 Å². The molecule has 0 radical (unpaired) electrons. The van der Waals surface area contributed by atoms with Gasteiger partial charge in [0.1, 0.15) is 5.75 Å². The van der Waals surface area contributed by atoms with Crippen molar-refractivity contribution in [3.8, 4) is 5.75 Å². The average molecular weight is 289 g/mol. The molecule has 0 spiro atoms. The van der Waals surface area contributed by atoms with E-state index in [0.717, 1.165) is 7.11 Å². The number of anilines is 1. The molecule has 19 heavy (non-hydrogen) atoms. The van der Waals surface area contributed by atoms with Gasteiger partial charge in [0.05, 0.1) is 19.9 Å². The highest BCUT2D eigenvalue weighted by atomic mass is 32.2. The number of amides is 1. The Balaban J connectivity index is 3.07. The van der Waals surface area contributed by atoms with E-state index in [1.165, 1.54) is 7.11 Å². The molecular weight excluding hydrogens is 274 g/mol. The van der Waals surface area contributed by atoms with Crippen molar-refractivity contribution in [2.75, 3.05) is 18.9 Å². The van der Waals surface area contributed by atoms with E-state index >= 15 is 0 Å². The monoisotopic (exact) mass is 289 g/mol. The lowest BCUT2D eigenvalue weighted by atomic mass is 10.1. The van der Waals surface area contributed by atoms with E-state index < -0.39 is 16.3 Å². The Labute approximate surface area is 111 Å². The maximum Gasteiger partial charge on any atom is 0.422 e. The minimum Gasteiger partial charge on any atom is -0.495 e. The number of ether oxygens (including phenoxy) is 2. The minimum absolute atomic E-state index is 0.104. The Morgan fingerprint density at radius 3 is 2.58 bits per heavy atom. The number of benzene rings is 1. The van der Waals surface area contributed by atoms with Gasteiger partial charge in [-0.15, -0.1) is 0 Å². The van der Waals surface area contributed by atoms with Crippen molar-refractivity contribution < 1.29 is 22.7 Å². The summed E-state index contributed by atoms with van der Waals surface area (Å²) in [7, 11) is -1.68. The number of carbonyl (C=O) groups excluding carboxylic acids is 1. The van der Waals surface area contributed by atoms with Crippen LogP contribution in [-0.2, 0) is 21.5 Å². The fraction of sp³-hybridized carbons (Fsp3) is 0.300. The van der Waals surface area contributed by atoms with Crippen LogP contribution in [0.5, 0.6) is 5.75 Å². The summed E-state index contributed by atoms with van der Waals surface area (Å²) in [5.74, 6) is 0.290. The maximum absolute atomic E-state index is 11.7. The first-order valence-corrected chi connectivity index (χ1v) is 6.66. The first kappa shape index (κ1) is 15.1. The van der Waals surface area contributed by atoms with Crippen LogP contribution >= 0.6 is 0 Å². The Bertz CT molecular complexity index is 536. The van der Waals surface area contributed by atoms with Gasteiger partial charge >= 0.3 is 16.3 Å². The second kappa shape index (κ2) is 6.25. The zero-order valence-electron chi connectivity index (χ0n) is 10.5. The number of carbonyl (C=O) groups is 1. The molecule has 0 aliphatic carbocycles. The average Bonchev–Trinajstić information content (AvgIpc) is 2.37. The van der Waals surface area contributed by atoms with Gasteiger partial charge in [-0.2, -0.15) is 8.42 Å². The second-order valence-electron chi connectivity index (χ2n) is 3.40. The molecule has 1 aromatic carbocycles. The van der Waals surface area contributed by atoms with Crippen LogP contribution in [0.4, 0.5) is 10.5 Å². The summed E-state index contributed by atoms with van der Waals surface area (Å²) in [4.78, 5) is 10.9. The van der Waals surface area contributed by atoms with Crippen molar-refractivity contribution in [1.82, 2.24) is 4.72 Å². The molecule has 8 nitrogen and oxygen atoms in total. The summed E-state index contributed by atoms with van der Waals surface area (Å²) in [6, 6.07) is 4.88. The number of rotatable bonds is 5. The third-order valence-corrected chi connectivity index (χ3v) is 3.10. The van der Waals surface area contributed by atoms with Gasteiger partial charge < -0.3 is 15.2 Å². The standard InChI is InChI=1S/C10H15N3O5S/c1-17-8-5-3-4-7(6-11)9(8)12-19(15,16)13-10(14)18-2/h3-5,12H,6,11H2,1-2H3,(H,13,14). The third-order valence-electron chi connectivity index (χ3n) is 2.19. The fourth-order valence-corrected chi connectivity index (χ4v) is 2.20. The molecule has 9 heteroatoms. The van der Waals surface area contributed by atoms with Crippen LogP contribution in [0.25, 0.3) is 0 Å². The Hall–Kier alpha value is -2.00. The van der Waals surface area contributed by atoms with Crippen LogP contribution in [0.3, 0.4) is 0 Å². The van der Waals surface area contributed by atoms with E-state index in [0.29, 0.717) is 5.56 Å². The molecule has 0 unspecified atom stereocenters. The number of hydrogen-bond acceptors (Lipinski definition) is 6. The van der Waals surface area contributed by atoms with Gasteiger partial charge in [0.2, 0.25) is 0 Å². The van der Waals surface area contributed by atoms with Crippen LogP contribution in [0.1, 0.15) is 5.56 Å². The molecule has 0 fully saturated rings. The molecular formula is C10H15N3O5S. The molecule has 1 aromatic rings. The zero-order chi connectivity index (χ0) is 14.5. The lowest BCUT2D eigenvalue weighted by molar-refractivity contribution is 0.177. The Morgan fingerprint density at radius 1 is 1.37 bits per heavy atom. The predicted molar refractivity (Wildman–Crippen MR) is 69.0 cm³/mol. The number of para-hydroxylation sites is 1. The molecule has 106 valence electrons. The van der Waals surface area contributed by atoms with Crippen molar-refractivity contribution in [1.29, 1.82) is 0 Å². The fourth-order valence-electron chi connectivity index (χ4n) is 1.34. The molecule has 4 N–H and O–H groups in total. The third kappa shape index (κ3) is 4.00. The van der Waals surface area contributed by atoms with Crippen molar-refractivity contribution in [3.05, 3.63) is 23.8 Å². The summed E-state index contributed by atoms with van der Waals surface area (Å²) in [6.45, 7) is 0.104. The molecule has 0 atom stereocenters. The molecule has 0 saturated carbocycles. The number of methoxy groups -OCH3 is 2. The summed E-state index contributed by atoms with van der Waals surface area (Å²) in [5, 5.41) is 0. The Kier molecular flexibility index (Phi) is 4.95. The van der Waals surface area contributed by atoms with Crippen molar-refractivity contribution in [2.45, 2.75) is 6.54 Å². The van der Waals surface area contributed by atoms with Crippen LogP contribution in [0.2, 0.25) is 0 Å². The first-order chi connectivity index (χ1) is 8.93. The van der Waals surface area contributed by atoms with Gasteiger partial charge in [-0.25, -0.2) is 9.52 Å². The molecule has 1 amide bonds. The molecule has 0 aromatic heterocycles. The maximum atomic E-state index is 11.7. The molecule has 0 aliphatic heterocycles.